The standard InChI is InChI=1S/C17H16N6OS/c1-10-5-3-4-6-13(10)19-16(24)14-11(2)18-17-20-21-22-23(17)15(14)12-7-8-25-9-12/h3-9,15H,1-2H3,(H,19,24)(H,18,20,22)/t15-/m1/s1. The molecule has 7 nitrogen and oxygen atoms in total. The fourth-order valence-corrected chi connectivity index (χ4v) is 3.63. The Hall–Kier alpha value is -3.00. The number of carbonyl (C=O) groups excluding carboxylic acids is 1. The van der Waals surface area contributed by atoms with E-state index in [1.807, 2.05) is 54.9 Å². The molecule has 0 spiro atoms. The second kappa shape index (κ2) is 6.14. The van der Waals surface area contributed by atoms with Gasteiger partial charge in [-0.05, 0) is 58.3 Å². The number of fused-ring (bicyclic) bond motifs is 1. The van der Waals surface area contributed by atoms with Crippen LogP contribution in [0.25, 0.3) is 0 Å². The second-order valence-corrected chi connectivity index (χ2v) is 6.62. The Balaban J connectivity index is 1.76. The second-order valence-electron chi connectivity index (χ2n) is 5.84. The molecule has 3 heterocycles. The average molecular weight is 352 g/mol. The lowest BCUT2D eigenvalue weighted by atomic mass is 9.97. The van der Waals surface area contributed by atoms with E-state index in [1.165, 1.54) is 0 Å². The number of benzene rings is 1. The van der Waals surface area contributed by atoms with Crippen LogP contribution in [0.1, 0.15) is 24.1 Å². The van der Waals surface area contributed by atoms with Crippen molar-refractivity contribution in [2.45, 2.75) is 19.9 Å². The van der Waals surface area contributed by atoms with Gasteiger partial charge in [-0.2, -0.15) is 16.0 Å². The Morgan fingerprint density at radius 3 is 2.88 bits per heavy atom. The van der Waals surface area contributed by atoms with E-state index in [0.29, 0.717) is 11.5 Å². The van der Waals surface area contributed by atoms with Crippen LogP contribution < -0.4 is 10.6 Å². The number of para-hydroxylation sites is 1. The fourth-order valence-electron chi connectivity index (χ4n) is 2.95. The van der Waals surface area contributed by atoms with E-state index in [4.69, 9.17) is 0 Å². The van der Waals surface area contributed by atoms with E-state index in [1.54, 1.807) is 16.0 Å². The first-order chi connectivity index (χ1) is 12.1. The smallest absolute Gasteiger partial charge is 0.255 e. The Morgan fingerprint density at radius 2 is 2.12 bits per heavy atom. The van der Waals surface area contributed by atoms with Gasteiger partial charge in [0.25, 0.3) is 5.91 Å². The van der Waals surface area contributed by atoms with E-state index < -0.39 is 0 Å². The van der Waals surface area contributed by atoms with Gasteiger partial charge in [0.05, 0.1) is 5.57 Å². The van der Waals surface area contributed by atoms with Crippen molar-refractivity contribution >= 4 is 28.9 Å². The molecule has 1 aliphatic heterocycles. The molecule has 8 heteroatoms. The number of nitrogens with one attached hydrogen (secondary N) is 2. The molecular weight excluding hydrogens is 336 g/mol. The number of aromatic nitrogens is 4. The number of allylic oxidation sites excluding steroid dienone is 1. The molecule has 0 bridgehead atoms. The molecule has 25 heavy (non-hydrogen) atoms. The summed E-state index contributed by atoms with van der Waals surface area (Å²) in [5.41, 5.74) is 4.12. The maximum atomic E-state index is 13.1. The first-order valence-corrected chi connectivity index (χ1v) is 8.74. The topological polar surface area (TPSA) is 84.7 Å². The summed E-state index contributed by atoms with van der Waals surface area (Å²) >= 11 is 1.58. The number of rotatable bonds is 3. The molecule has 0 unspecified atom stereocenters. The van der Waals surface area contributed by atoms with Crippen LogP contribution in [0, 0.1) is 6.92 Å². The van der Waals surface area contributed by atoms with E-state index in [9.17, 15) is 4.79 Å². The van der Waals surface area contributed by atoms with E-state index in [2.05, 4.69) is 26.2 Å². The predicted molar refractivity (Wildman–Crippen MR) is 96.4 cm³/mol. The van der Waals surface area contributed by atoms with Crippen molar-refractivity contribution in [3.05, 3.63) is 63.5 Å². The van der Waals surface area contributed by atoms with Crippen LogP contribution >= 0.6 is 11.3 Å². The van der Waals surface area contributed by atoms with Crippen LogP contribution in [-0.4, -0.2) is 26.1 Å². The van der Waals surface area contributed by atoms with Gasteiger partial charge in [-0.15, -0.1) is 0 Å². The van der Waals surface area contributed by atoms with Crippen LogP contribution in [0.2, 0.25) is 0 Å². The minimum Gasteiger partial charge on any atom is -0.326 e. The Kier molecular flexibility index (Phi) is 3.81. The zero-order valence-corrected chi connectivity index (χ0v) is 14.5. The first kappa shape index (κ1) is 15.5. The summed E-state index contributed by atoms with van der Waals surface area (Å²) in [4.78, 5) is 13.1. The number of carbonyl (C=O) groups is 1. The minimum absolute atomic E-state index is 0.170. The SMILES string of the molecule is CC1=C(C(=O)Nc2ccccc2C)[C@@H](c2ccsc2)n2nnnc2N1. The summed E-state index contributed by atoms with van der Waals surface area (Å²) in [5, 5.41) is 21.9. The van der Waals surface area contributed by atoms with Gasteiger partial charge in [0.2, 0.25) is 5.95 Å². The lowest BCUT2D eigenvalue weighted by Crippen LogP contribution is -2.31. The third-order valence-corrected chi connectivity index (χ3v) is 4.91. The normalized spacial score (nSPS) is 16.3. The monoisotopic (exact) mass is 352 g/mol. The van der Waals surface area contributed by atoms with Crippen molar-refractivity contribution in [3.63, 3.8) is 0 Å². The Labute approximate surface area is 148 Å². The molecule has 1 atom stereocenters. The molecule has 0 radical (unpaired) electrons. The summed E-state index contributed by atoms with van der Waals surface area (Å²) in [6.45, 7) is 3.83. The van der Waals surface area contributed by atoms with Crippen LogP contribution in [0.5, 0.6) is 0 Å². The molecule has 126 valence electrons. The average Bonchev–Trinajstić information content (AvgIpc) is 3.26. The molecule has 3 aromatic rings. The maximum absolute atomic E-state index is 13.1. The molecule has 1 aliphatic rings. The van der Waals surface area contributed by atoms with Crippen LogP contribution in [0.15, 0.2) is 52.4 Å². The molecule has 0 aliphatic carbocycles. The highest BCUT2D eigenvalue weighted by Crippen LogP contribution is 2.35. The van der Waals surface area contributed by atoms with Crippen molar-refractivity contribution < 1.29 is 4.79 Å². The first-order valence-electron chi connectivity index (χ1n) is 7.80. The number of hydrogen-bond donors (Lipinski definition) is 2. The fraction of sp³-hybridized carbons (Fsp3) is 0.176. The zero-order chi connectivity index (χ0) is 17.4. The molecule has 2 aromatic heterocycles. The van der Waals surface area contributed by atoms with Gasteiger partial charge in [-0.3, -0.25) is 4.79 Å². The summed E-state index contributed by atoms with van der Waals surface area (Å²) in [6.07, 6.45) is 0. The van der Waals surface area contributed by atoms with Gasteiger partial charge in [-0.25, -0.2) is 0 Å². The lowest BCUT2D eigenvalue weighted by molar-refractivity contribution is -0.113. The quantitative estimate of drug-likeness (QED) is 0.757. The lowest BCUT2D eigenvalue weighted by Gasteiger charge is -2.27. The predicted octanol–water partition coefficient (Wildman–Crippen LogP) is 2.97. The highest BCUT2D eigenvalue weighted by atomic mass is 32.1. The van der Waals surface area contributed by atoms with Gasteiger partial charge >= 0.3 is 0 Å². The summed E-state index contributed by atoms with van der Waals surface area (Å²) < 4.78 is 1.64. The largest absolute Gasteiger partial charge is 0.326 e. The van der Waals surface area contributed by atoms with Gasteiger partial charge in [-0.1, -0.05) is 23.3 Å². The van der Waals surface area contributed by atoms with Crippen molar-refractivity contribution in [2.75, 3.05) is 10.6 Å². The van der Waals surface area contributed by atoms with Gasteiger partial charge in [0.15, 0.2) is 0 Å². The molecule has 0 saturated carbocycles. The number of aryl methyl sites for hydroxylation is 1. The molecule has 1 aromatic carbocycles. The highest BCUT2D eigenvalue weighted by Gasteiger charge is 2.34. The van der Waals surface area contributed by atoms with Crippen molar-refractivity contribution in [1.82, 2.24) is 20.2 Å². The minimum atomic E-state index is -0.360. The summed E-state index contributed by atoms with van der Waals surface area (Å²) in [7, 11) is 0. The molecule has 1 amide bonds. The Morgan fingerprint density at radius 1 is 1.28 bits per heavy atom. The molecule has 2 N–H and O–H groups in total. The summed E-state index contributed by atoms with van der Waals surface area (Å²) in [6, 6.07) is 9.33. The molecule has 0 fully saturated rings. The van der Waals surface area contributed by atoms with E-state index >= 15 is 0 Å². The van der Waals surface area contributed by atoms with Gasteiger partial charge in [0, 0.05) is 11.4 Å². The third kappa shape index (κ3) is 2.70. The third-order valence-electron chi connectivity index (χ3n) is 4.21. The van der Waals surface area contributed by atoms with E-state index in [-0.39, 0.29) is 11.9 Å². The van der Waals surface area contributed by atoms with Gasteiger partial charge < -0.3 is 10.6 Å². The molecule has 4 rings (SSSR count). The van der Waals surface area contributed by atoms with Gasteiger partial charge in [0.1, 0.15) is 6.04 Å². The molecule has 0 saturated heterocycles. The number of hydrogen-bond acceptors (Lipinski definition) is 6. The van der Waals surface area contributed by atoms with Crippen molar-refractivity contribution in [2.24, 2.45) is 0 Å². The van der Waals surface area contributed by atoms with Crippen molar-refractivity contribution in [1.29, 1.82) is 0 Å². The summed E-state index contributed by atoms with van der Waals surface area (Å²) in [5.74, 6) is 0.359. The number of anilines is 2. The number of tetrazole rings is 1. The number of nitrogens with zero attached hydrogens (tertiary/aromatic N) is 4. The number of thiophene rings is 1. The Bertz CT molecular complexity index is 959. The van der Waals surface area contributed by atoms with Crippen molar-refractivity contribution in [3.8, 4) is 0 Å². The van der Waals surface area contributed by atoms with Crippen LogP contribution in [-0.2, 0) is 4.79 Å². The zero-order valence-electron chi connectivity index (χ0n) is 13.7. The van der Waals surface area contributed by atoms with Crippen LogP contribution in [0.3, 0.4) is 0 Å². The highest BCUT2D eigenvalue weighted by molar-refractivity contribution is 7.08. The molecular formula is C17H16N6OS. The van der Waals surface area contributed by atoms with Crippen LogP contribution in [0.4, 0.5) is 11.6 Å². The number of amides is 1. The van der Waals surface area contributed by atoms with E-state index in [0.717, 1.165) is 22.5 Å². The maximum Gasteiger partial charge on any atom is 0.255 e.